The molecule has 1 fully saturated rings. The van der Waals surface area contributed by atoms with E-state index in [0.29, 0.717) is 24.1 Å². The summed E-state index contributed by atoms with van der Waals surface area (Å²) >= 11 is 0. The van der Waals surface area contributed by atoms with Gasteiger partial charge in [-0.25, -0.2) is 17.2 Å². The lowest BCUT2D eigenvalue weighted by Crippen LogP contribution is -2.48. The van der Waals surface area contributed by atoms with Crippen molar-refractivity contribution in [3.8, 4) is 11.1 Å². The molecule has 1 saturated heterocycles. The summed E-state index contributed by atoms with van der Waals surface area (Å²) in [7, 11) is -3.61. The number of esters is 1. The van der Waals surface area contributed by atoms with Gasteiger partial charge in [-0.05, 0) is 57.0 Å². The molecule has 1 aromatic heterocycles. The van der Waals surface area contributed by atoms with Crippen LogP contribution in [0, 0.1) is 11.6 Å². The Morgan fingerprint density at radius 3 is 2.33 bits per heavy atom. The number of ketones is 1. The highest BCUT2D eigenvalue weighted by Gasteiger charge is 2.30. The van der Waals surface area contributed by atoms with Gasteiger partial charge in [-0.3, -0.25) is 19.5 Å². The van der Waals surface area contributed by atoms with Gasteiger partial charge >= 0.3 is 5.97 Å². The Bertz CT molecular complexity index is 1770. The van der Waals surface area contributed by atoms with Crippen LogP contribution in [0.2, 0.25) is 0 Å². The van der Waals surface area contributed by atoms with Crippen LogP contribution < -0.4 is 4.90 Å². The number of anilines is 1. The van der Waals surface area contributed by atoms with Gasteiger partial charge in [0.05, 0.1) is 29.3 Å². The highest BCUT2D eigenvalue weighted by Crippen LogP contribution is 2.34. The van der Waals surface area contributed by atoms with Crippen molar-refractivity contribution in [1.82, 2.24) is 9.88 Å². The quantitative estimate of drug-likeness (QED) is 0.205. The molecule has 0 saturated carbocycles. The second-order valence-corrected chi connectivity index (χ2v) is 14.9. The average Bonchev–Trinajstić information content (AvgIpc) is 3.41. The van der Waals surface area contributed by atoms with Gasteiger partial charge < -0.3 is 9.64 Å². The van der Waals surface area contributed by atoms with E-state index in [-0.39, 0.29) is 29.4 Å². The standard InChI is InChI=1S/C35H39F2N3O5S/c1-5-18-46(43,44)22-24-8-12-29(36)32(33(24)37)34(42)27-11-13-30-28(27)19-25(20-38-30)23-6-9-26(10-7-23)40-16-14-39(15-17-40)21-31(41)45-35(2,3)4/h6-12,19-20H,5,13-18,21-22H2,1-4H3. The molecule has 3 aromatic rings. The number of aromatic nitrogens is 1. The molecule has 2 aromatic carbocycles. The third-order valence-electron chi connectivity index (χ3n) is 8.00. The summed E-state index contributed by atoms with van der Waals surface area (Å²) in [6.07, 6.45) is 4.02. The van der Waals surface area contributed by atoms with Crippen molar-refractivity contribution in [1.29, 1.82) is 0 Å². The molecule has 0 N–H and O–H groups in total. The van der Waals surface area contributed by atoms with Crippen molar-refractivity contribution in [3.63, 3.8) is 0 Å². The third kappa shape index (κ3) is 7.70. The predicted octanol–water partition coefficient (Wildman–Crippen LogP) is 5.64. The lowest BCUT2D eigenvalue weighted by atomic mass is 9.95. The monoisotopic (exact) mass is 651 g/mol. The van der Waals surface area contributed by atoms with E-state index < -0.39 is 44.2 Å². The number of carbonyl (C=O) groups excluding carboxylic acids is 2. The maximum Gasteiger partial charge on any atom is 0.320 e. The van der Waals surface area contributed by atoms with Gasteiger partial charge in [0, 0.05) is 66.7 Å². The predicted molar refractivity (Wildman–Crippen MR) is 174 cm³/mol. The highest BCUT2D eigenvalue weighted by atomic mass is 32.2. The number of rotatable bonds is 10. The Morgan fingerprint density at radius 1 is 0.978 bits per heavy atom. The Labute approximate surface area is 269 Å². The molecule has 0 unspecified atom stereocenters. The summed E-state index contributed by atoms with van der Waals surface area (Å²) in [6.45, 7) is 10.5. The van der Waals surface area contributed by atoms with E-state index in [1.807, 2.05) is 45.0 Å². The van der Waals surface area contributed by atoms with E-state index in [4.69, 9.17) is 4.74 Å². The van der Waals surface area contributed by atoms with Crippen LogP contribution in [0.3, 0.4) is 0 Å². The van der Waals surface area contributed by atoms with Gasteiger partial charge in [0.2, 0.25) is 0 Å². The van der Waals surface area contributed by atoms with E-state index in [9.17, 15) is 22.4 Å². The summed E-state index contributed by atoms with van der Waals surface area (Å²) < 4.78 is 60.4. The van der Waals surface area contributed by atoms with Crippen molar-refractivity contribution in [2.45, 2.75) is 51.9 Å². The number of ether oxygens (including phenoxy) is 1. The molecule has 0 atom stereocenters. The summed E-state index contributed by atoms with van der Waals surface area (Å²) in [4.78, 5) is 34.6. The molecule has 2 aliphatic rings. The lowest BCUT2D eigenvalue weighted by molar-refractivity contribution is -0.156. The number of sulfone groups is 1. The van der Waals surface area contributed by atoms with Crippen LogP contribution in [0.25, 0.3) is 16.7 Å². The summed E-state index contributed by atoms with van der Waals surface area (Å²) in [5.74, 6) is -4.00. The Kier molecular flexibility index (Phi) is 9.74. The molecule has 8 nitrogen and oxygen atoms in total. The summed E-state index contributed by atoms with van der Waals surface area (Å²) in [6, 6.07) is 11.8. The fourth-order valence-corrected chi connectivity index (χ4v) is 7.29. The van der Waals surface area contributed by atoms with Crippen molar-refractivity contribution >= 4 is 32.9 Å². The van der Waals surface area contributed by atoms with E-state index in [0.717, 1.165) is 55.1 Å². The van der Waals surface area contributed by atoms with Crippen molar-refractivity contribution in [2.24, 2.45) is 0 Å². The smallest absolute Gasteiger partial charge is 0.320 e. The number of fused-ring (bicyclic) bond motifs is 1. The molecule has 244 valence electrons. The largest absolute Gasteiger partial charge is 0.459 e. The van der Waals surface area contributed by atoms with Crippen molar-refractivity contribution < 1.29 is 31.5 Å². The molecule has 0 amide bonds. The molecular formula is C35H39F2N3O5S. The van der Waals surface area contributed by atoms with Gasteiger partial charge in [-0.1, -0.05) is 31.2 Å². The molecule has 11 heteroatoms. The van der Waals surface area contributed by atoms with Crippen LogP contribution in [0.5, 0.6) is 0 Å². The Hall–Kier alpha value is -3.96. The number of pyridine rings is 1. The lowest BCUT2D eigenvalue weighted by Gasteiger charge is -2.36. The van der Waals surface area contributed by atoms with Crippen LogP contribution in [0.15, 0.2) is 54.7 Å². The highest BCUT2D eigenvalue weighted by molar-refractivity contribution is 7.90. The number of nitrogens with zero attached hydrogens (tertiary/aromatic N) is 3. The zero-order valence-corrected chi connectivity index (χ0v) is 27.4. The topological polar surface area (TPSA) is 96.9 Å². The SMILES string of the molecule is CCCS(=O)(=O)Cc1ccc(F)c(C(=O)C2=CCc3ncc(-c4ccc(N5CCN(CC(=O)OC(C)(C)C)CC5)cc4)cc32)c1F. The minimum atomic E-state index is -3.61. The summed E-state index contributed by atoms with van der Waals surface area (Å²) in [5, 5.41) is 0. The second-order valence-electron chi connectivity index (χ2n) is 12.8. The zero-order chi connectivity index (χ0) is 33.2. The maximum absolute atomic E-state index is 15.5. The number of halogens is 2. The normalized spacial score (nSPS) is 15.4. The second kappa shape index (κ2) is 13.4. The fraction of sp³-hybridized carbons (Fsp3) is 0.400. The van der Waals surface area contributed by atoms with Gasteiger partial charge in [0.25, 0.3) is 0 Å². The molecule has 2 heterocycles. The minimum Gasteiger partial charge on any atom is -0.459 e. The van der Waals surface area contributed by atoms with Crippen LogP contribution >= 0.6 is 0 Å². The van der Waals surface area contributed by atoms with Crippen LogP contribution in [0.1, 0.15) is 61.3 Å². The number of benzene rings is 2. The van der Waals surface area contributed by atoms with Gasteiger partial charge in [-0.2, -0.15) is 0 Å². The first-order valence-electron chi connectivity index (χ1n) is 15.5. The number of Topliss-reactive ketones (excluding diaryl/α,β-unsaturated/α-hetero) is 1. The number of hydrogen-bond acceptors (Lipinski definition) is 8. The first-order chi connectivity index (χ1) is 21.7. The van der Waals surface area contributed by atoms with Gasteiger partial charge in [-0.15, -0.1) is 0 Å². The molecule has 0 spiro atoms. The number of piperazine rings is 1. The zero-order valence-electron chi connectivity index (χ0n) is 26.6. The average molecular weight is 652 g/mol. The van der Waals surface area contributed by atoms with Crippen LogP contribution in [-0.2, 0) is 31.5 Å². The van der Waals surface area contributed by atoms with Crippen molar-refractivity contribution in [2.75, 3.05) is 43.4 Å². The van der Waals surface area contributed by atoms with Gasteiger partial charge in [0.15, 0.2) is 15.6 Å². The molecule has 1 aliphatic carbocycles. The molecule has 5 rings (SSSR count). The summed E-state index contributed by atoms with van der Waals surface area (Å²) in [5.41, 5.74) is 2.40. The maximum atomic E-state index is 15.5. The molecular weight excluding hydrogens is 612 g/mol. The van der Waals surface area contributed by atoms with E-state index in [2.05, 4.69) is 14.8 Å². The van der Waals surface area contributed by atoms with Gasteiger partial charge in [0.1, 0.15) is 17.2 Å². The minimum absolute atomic E-state index is 0.131. The number of hydrogen-bond donors (Lipinski definition) is 0. The number of carbonyl (C=O) groups is 2. The van der Waals surface area contributed by atoms with E-state index >= 15 is 4.39 Å². The van der Waals surface area contributed by atoms with Crippen molar-refractivity contribution in [3.05, 3.63) is 88.8 Å². The molecule has 1 aliphatic heterocycles. The fourth-order valence-electron chi connectivity index (χ4n) is 5.83. The van der Waals surface area contributed by atoms with E-state index in [1.54, 1.807) is 25.3 Å². The number of allylic oxidation sites excluding steroid dienone is 2. The first kappa shape index (κ1) is 33.4. The molecule has 0 bridgehead atoms. The van der Waals surface area contributed by atoms with E-state index in [1.165, 1.54) is 0 Å². The Balaban J connectivity index is 1.29. The third-order valence-corrected chi connectivity index (χ3v) is 9.79. The molecule has 46 heavy (non-hydrogen) atoms. The molecule has 0 radical (unpaired) electrons. The van der Waals surface area contributed by atoms with Crippen LogP contribution in [-0.4, -0.2) is 74.1 Å². The Morgan fingerprint density at radius 2 is 1.67 bits per heavy atom. The first-order valence-corrected chi connectivity index (χ1v) is 17.3. The van der Waals surface area contributed by atoms with Crippen LogP contribution in [0.4, 0.5) is 14.5 Å².